The second-order valence-electron chi connectivity index (χ2n) is 8.47. The molecule has 22 heavy (non-hydrogen) atoms. The zero-order chi connectivity index (χ0) is 16.5. The fourth-order valence-corrected chi connectivity index (χ4v) is 4.66. The molecule has 0 atom stereocenters. The molecule has 0 aliphatic heterocycles. The summed E-state index contributed by atoms with van der Waals surface area (Å²) in [6.07, 6.45) is 0. The molecule has 0 amide bonds. The van der Waals surface area contributed by atoms with Crippen molar-refractivity contribution in [2.75, 3.05) is 0 Å². The van der Waals surface area contributed by atoms with Gasteiger partial charge in [0.25, 0.3) is 0 Å². The van der Waals surface area contributed by atoms with Gasteiger partial charge in [0, 0.05) is 0 Å². The van der Waals surface area contributed by atoms with Gasteiger partial charge in [-0.3, -0.25) is 0 Å². The van der Waals surface area contributed by atoms with E-state index in [4.69, 9.17) is 0 Å². The van der Waals surface area contributed by atoms with E-state index in [1.165, 1.54) is 21.7 Å². The van der Waals surface area contributed by atoms with E-state index in [0.717, 1.165) is 0 Å². The molecule has 2 aromatic carbocycles. The Bertz CT molecular complexity index is 555. The number of hydrogen-bond donors (Lipinski definition) is 0. The van der Waals surface area contributed by atoms with Crippen LogP contribution in [0, 0.1) is 0 Å². The van der Waals surface area contributed by atoms with Gasteiger partial charge >= 0.3 is 138 Å². The van der Waals surface area contributed by atoms with Crippen LogP contribution in [0.1, 0.15) is 52.7 Å². The fraction of sp³-hybridized carbons (Fsp3) is 0.400. The molecule has 0 saturated carbocycles. The summed E-state index contributed by atoms with van der Waals surface area (Å²) in [5, 5.41) is 3.05. The standard InChI is InChI=1S/C20H30BP/c1-19(2,3)15-7-11-17(12-8-15)22(21)18-13-9-16(10-14-18)20(4,5)6/h7-14H,21-22H2,1-6H3. The summed E-state index contributed by atoms with van der Waals surface area (Å²) in [6, 6.07) is 18.6. The Kier molecular flexibility index (Phi) is 4.88. The van der Waals surface area contributed by atoms with E-state index in [0.29, 0.717) is 0 Å². The maximum atomic E-state index is 2.43. The zero-order valence-corrected chi connectivity index (χ0v) is 16.4. The van der Waals surface area contributed by atoms with Gasteiger partial charge in [-0.05, 0) is 0 Å². The first-order chi connectivity index (χ1) is 10.1. The van der Waals surface area contributed by atoms with E-state index in [9.17, 15) is 0 Å². The fourth-order valence-electron chi connectivity index (χ4n) is 2.74. The Morgan fingerprint density at radius 3 is 1.09 bits per heavy atom. The van der Waals surface area contributed by atoms with E-state index in [1.807, 2.05) is 0 Å². The van der Waals surface area contributed by atoms with Crippen molar-refractivity contribution in [3.63, 3.8) is 0 Å². The Hall–Kier alpha value is -1.07. The topological polar surface area (TPSA) is 0 Å². The summed E-state index contributed by atoms with van der Waals surface area (Å²) in [4.78, 5) is 0. The van der Waals surface area contributed by atoms with Crippen molar-refractivity contribution in [3.8, 4) is 0 Å². The second-order valence-corrected chi connectivity index (χ2v) is 11.2. The number of benzene rings is 2. The van der Waals surface area contributed by atoms with Gasteiger partial charge in [-0.1, -0.05) is 0 Å². The molecule has 0 aromatic heterocycles. The van der Waals surface area contributed by atoms with Crippen LogP contribution in [0.3, 0.4) is 0 Å². The van der Waals surface area contributed by atoms with Crippen LogP contribution in [0.2, 0.25) is 0 Å². The van der Waals surface area contributed by atoms with E-state index >= 15 is 0 Å². The minimum absolute atomic E-state index is 0.234. The van der Waals surface area contributed by atoms with Crippen LogP contribution in [0.15, 0.2) is 48.5 Å². The van der Waals surface area contributed by atoms with Gasteiger partial charge in [0.1, 0.15) is 0 Å². The van der Waals surface area contributed by atoms with Crippen molar-refractivity contribution in [1.82, 2.24) is 0 Å². The van der Waals surface area contributed by atoms with Crippen LogP contribution >= 0.6 is 7.80 Å². The van der Waals surface area contributed by atoms with Gasteiger partial charge in [-0.2, -0.15) is 0 Å². The van der Waals surface area contributed by atoms with E-state index in [2.05, 4.69) is 97.6 Å². The van der Waals surface area contributed by atoms with E-state index in [1.54, 1.807) is 0 Å². The summed E-state index contributed by atoms with van der Waals surface area (Å²) >= 11 is 0. The Morgan fingerprint density at radius 1 is 0.591 bits per heavy atom. The maximum absolute atomic E-state index is 2.43. The SMILES string of the molecule is B[PH2](c1ccc(C(C)(C)C)cc1)c1ccc(C(C)(C)C)cc1. The third-order valence-electron chi connectivity index (χ3n) is 4.55. The summed E-state index contributed by atoms with van der Waals surface area (Å²) in [5.74, 6) is 0. The van der Waals surface area contributed by atoms with Crippen molar-refractivity contribution in [3.05, 3.63) is 59.7 Å². The van der Waals surface area contributed by atoms with Crippen LogP contribution in [0.25, 0.3) is 0 Å². The molecule has 2 aromatic rings. The molecule has 0 nitrogen and oxygen atoms in total. The summed E-state index contributed by atoms with van der Waals surface area (Å²) in [7, 11) is 1.36. The van der Waals surface area contributed by atoms with Crippen molar-refractivity contribution in [2.45, 2.75) is 52.4 Å². The molecule has 0 aliphatic carbocycles. The summed E-state index contributed by atoms with van der Waals surface area (Å²) in [6.45, 7) is 13.6. The first-order valence-corrected chi connectivity index (χ1v) is 10.6. The molecule has 0 aliphatic rings. The van der Waals surface area contributed by atoms with Crippen LogP contribution in [-0.4, -0.2) is 7.57 Å². The predicted octanol–water partition coefficient (Wildman–Crippen LogP) is 3.73. The third-order valence-corrected chi connectivity index (χ3v) is 7.32. The molecule has 0 saturated heterocycles. The zero-order valence-electron chi connectivity index (χ0n) is 15.2. The molecule has 0 unspecified atom stereocenters. The van der Waals surface area contributed by atoms with Crippen LogP contribution in [-0.2, 0) is 10.8 Å². The molecule has 0 heterocycles. The van der Waals surface area contributed by atoms with Gasteiger partial charge in [-0.15, -0.1) is 0 Å². The predicted molar refractivity (Wildman–Crippen MR) is 108 cm³/mol. The van der Waals surface area contributed by atoms with Gasteiger partial charge in [0.05, 0.1) is 0 Å². The van der Waals surface area contributed by atoms with Crippen molar-refractivity contribution < 1.29 is 0 Å². The average Bonchev–Trinajstić information content (AvgIpc) is 2.45. The molecule has 0 spiro atoms. The molecule has 0 N–H and O–H groups in total. The quantitative estimate of drug-likeness (QED) is 0.585. The average molecular weight is 312 g/mol. The van der Waals surface area contributed by atoms with Crippen LogP contribution < -0.4 is 10.6 Å². The Balaban J connectivity index is 2.23. The van der Waals surface area contributed by atoms with Crippen LogP contribution in [0.4, 0.5) is 0 Å². The third kappa shape index (κ3) is 4.02. The van der Waals surface area contributed by atoms with Crippen molar-refractivity contribution >= 4 is 26.0 Å². The molecule has 2 rings (SSSR count). The van der Waals surface area contributed by atoms with Gasteiger partial charge in [-0.25, -0.2) is 0 Å². The summed E-state index contributed by atoms with van der Waals surface area (Å²) < 4.78 is 0. The molecule has 0 radical (unpaired) electrons. The van der Waals surface area contributed by atoms with Gasteiger partial charge in [0.15, 0.2) is 0 Å². The molecule has 118 valence electrons. The van der Waals surface area contributed by atoms with Gasteiger partial charge in [0.2, 0.25) is 0 Å². The first-order valence-electron chi connectivity index (χ1n) is 8.30. The van der Waals surface area contributed by atoms with E-state index < -0.39 is 7.80 Å². The molecule has 0 bridgehead atoms. The Morgan fingerprint density at radius 2 is 0.864 bits per heavy atom. The first kappa shape index (κ1) is 17.3. The van der Waals surface area contributed by atoms with E-state index in [-0.39, 0.29) is 10.8 Å². The molecule has 2 heteroatoms. The number of rotatable bonds is 2. The minimum atomic E-state index is -1.07. The van der Waals surface area contributed by atoms with Crippen LogP contribution in [0.5, 0.6) is 0 Å². The summed E-state index contributed by atoms with van der Waals surface area (Å²) in [5.41, 5.74) is 3.30. The normalized spacial score (nSPS) is 13.1. The van der Waals surface area contributed by atoms with Crippen molar-refractivity contribution in [1.29, 1.82) is 0 Å². The van der Waals surface area contributed by atoms with Crippen molar-refractivity contribution in [2.24, 2.45) is 0 Å². The Labute approximate surface area is 138 Å². The molecule has 0 fully saturated rings. The number of hydrogen-bond acceptors (Lipinski definition) is 0. The monoisotopic (exact) mass is 312 g/mol. The molecular weight excluding hydrogens is 282 g/mol. The van der Waals surface area contributed by atoms with Gasteiger partial charge < -0.3 is 0 Å². The second kappa shape index (κ2) is 6.21. The molecular formula is C20H30BP.